The Kier molecular flexibility index (Phi) is 3.95. The number of benzene rings is 1. The zero-order valence-electron chi connectivity index (χ0n) is 14.0. The molecule has 1 aromatic carbocycles. The molecule has 0 radical (unpaired) electrons. The molecule has 25 heavy (non-hydrogen) atoms. The van der Waals surface area contributed by atoms with Crippen LogP contribution in [0.25, 0.3) is 5.65 Å². The van der Waals surface area contributed by atoms with E-state index in [2.05, 4.69) is 10.1 Å². The number of aromatic nitrogens is 3. The molecule has 1 amide bonds. The number of aryl methyl sites for hydroxylation is 1. The van der Waals surface area contributed by atoms with Gasteiger partial charge in [-0.2, -0.15) is 5.10 Å². The molecular weight excluding hydrogens is 319 g/mol. The number of fused-ring (bicyclic) bond motifs is 1. The number of amides is 1. The Bertz CT molecular complexity index is 936. The number of nitrogens with zero attached hydrogens (tertiary/aromatic N) is 4. The Morgan fingerprint density at radius 2 is 2.16 bits per heavy atom. The predicted octanol–water partition coefficient (Wildman–Crippen LogP) is 2.88. The zero-order valence-corrected chi connectivity index (χ0v) is 14.0. The molecule has 0 N–H and O–H groups in total. The van der Waals surface area contributed by atoms with Gasteiger partial charge in [0, 0.05) is 25.4 Å². The van der Waals surface area contributed by atoms with E-state index in [1.54, 1.807) is 23.0 Å². The van der Waals surface area contributed by atoms with Gasteiger partial charge in [0.1, 0.15) is 5.82 Å². The fraction of sp³-hybridized carbons (Fsp3) is 0.316. The van der Waals surface area contributed by atoms with Crippen LogP contribution in [-0.4, -0.2) is 38.5 Å². The van der Waals surface area contributed by atoms with Gasteiger partial charge in [0.2, 0.25) is 0 Å². The highest BCUT2D eigenvalue weighted by Gasteiger charge is 2.29. The van der Waals surface area contributed by atoms with Crippen LogP contribution in [0.3, 0.4) is 0 Å². The minimum atomic E-state index is -0.170. The second-order valence-corrected chi connectivity index (χ2v) is 6.56. The molecule has 1 saturated heterocycles. The van der Waals surface area contributed by atoms with E-state index in [1.165, 1.54) is 6.07 Å². The van der Waals surface area contributed by atoms with Crippen LogP contribution >= 0.6 is 0 Å². The maximum absolute atomic E-state index is 13.8. The molecule has 3 aromatic rings. The summed E-state index contributed by atoms with van der Waals surface area (Å²) in [6.07, 6.45) is 4.84. The van der Waals surface area contributed by atoms with Crippen LogP contribution in [0.5, 0.6) is 0 Å². The van der Waals surface area contributed by atoms with Gasteiger partial charge in [0.05, 0.1) is 17.5 Å². The maximum Gasteiger partial charge on any atom is 0.257 e. The largest absolute Gasteiger partial charge is 0.338 e. The highest BCUT2D eigenvalue weighted by atomic mass is 19.1. The van der Waals surface area contributed by atoms with Crippen molar-refractivity contribution in [2.75, 3.05) is 13.1 Å². The second-order valence-electron chi connectivity index (χ2n) is 6.56. The first-order valence-electron chi connectivity index (χ1n) is 8.45. The van der Waals surface area contributed by atoms with Crippen molar-refractivity contribution in [2.45, 2.75) is 19.8 Å². The smallest absolute Gasteiger partial charge is 0.257 e. The van der Waals surface area contributed by atoms with Crippen molar-refractivity contribution >= 4 is 11.6 Å². The number of hydrogen-bond donors (Lipinski definition) is 0. The summed E-state index contributed by atoms with van der Waals surface area (Å²) in [5.74, 6) is 0.0810. The fourth-order valence-corrected chi connectivity index (χ4v) is 3.53. The average molecular weight is 338 g/mol. The minimum absolute atomic E-state index is 0.0292. The third kappa shape index (κ3) is 2.88. The molecule has 5 nitrogen and oxygen atoms in total. The van der Waals surface area contributed by atoms with Crippen molar-refractivity contribution in [3.63, 3.8) is 0 Å². The van der Waals surface area contributed by atoms with Gasteiger partial charge in [-0.1, -0.05) is 18.2 Å². The summed E-state index contributed by atoms with van der Waals surface area (Å²) in [5, 5.41) is 4.21. The minimum Gasteiger partial charge on any atom is -0.338 e. The molecule has 0 bridgehead atoms. The Hall–Kier alpha value is -2.76. The molecule has 2 aromatic heterocycles. The lowest BCUT2D eigenvalue weighted by Crippen LogP contribution is -2.30. The summed E-state index contributed by atoms with van der Waals surface area (Å²) >= 11 is 0. The van der Waals surface area contributed by atoms with E-state index >= 15 is 0 Å². The average Bonchev–Trinajstić information content (AvgIpc) is 3.26. The molecule has 1 aliphatic rings. The van der Waals surface area contributed by atoms with Crippen LogP contribution in [0, 0.1) is 18.7 Å². The summed E-state index contributed by atoms with van der Waals surface area (Å²) in [7, 11) is 0. The number of carbonyl (C=O) groups excluding carboxylic acids is 1. The molecule has 1 fully saturated rings. The van der Waals surface area contributed by atoms with Crippen LogP contribution in [0.15, 0.2) is 42.7 Å². The van der Waals surface area contributed by atoms with Gasteiger partial charge < -0.3 is 4.90 Å². The summed E-state index contributed by atoms with van der Waals surface area (Å²) in [6, 6.07) is 8.66. The first-order chi connectivity index (χ1) is 12.1. The van der Waals surface area contributed by atoms with E-state index in [0.717, 1.165) is 23.3 Å². The van der Waals surface area contributed by atoms with Gasteiger partial charge in [0.15, 0.2) is 5.65 Å². The number of rotatable bonds is 3. The Balaban J connectivity index is 1.50. The van der Waals surface area contributed by atoms with Crippen LogP contribution < -0.4 is 0 Å². The predicted molar refractivity (Wildman–Crippen MR) is 91.8 cm³/mol. The molecule has 0 spiro atoms. The van der Waals surface area contributed by atoms with Crippen molar-refractivity contribution in [2.24, 2.45) is 5.92 Å². The molecular formula is C19H19FN4O. The molecule has 0 saturated carbocycles. The quantitative estimate of drug-likeness (QED) is 0.738. The molecule has 4 rings (SSSR count). The van der Waals surface area contributed by atoms with Gasteiger partial charge in [-0.05, 0) is 37.3 Å². The number of halogens is 1. The summed E-state index contributed by atoms with van der Waals surface area (Å²) < 4.78 is 15.5. The third-order valence-corrected chi connectivity index (χ3v) is 4.93. The SMILES string of the molecule is Cc1c(C(=O)N2CCC(Cc3ccccc3F)C2)cnc2ccnn12. The van der Waals surface area contributed by atoms with Gasteiger partial charge in [-0.25, -0.2) is 13.9 Å². The number of likely N-dealkylation sites (tertiary alicyclic amines) is 1. The molecule has 1 atom stereocenters. The Labute approximate surface area is 145 Å². The van der Waals surface area contributed by atoms with E-state index in [-0.39, 0.29) is 17.6 Å². The lowest BCUT2D eigenvalue weighted by molar-refractivity contribution is 0.0785. The first kappa shape index (κ1) is 15.7. The summed E-state index contributed by atoms with van der Waals surface area (Å²) in [5.41, 5.74) is 2.81. The molecule has 1 unspecified atom stereocenters. The van der Waals surface area contributed by atoms with Gasteiger partial charge in [-0.3, -0.25) is 4.79 Å². The fourth-order valence-electron chi connectivity index (χ4n) is 3.53. The molecule has 1 aliphatic heterocycles. The van der Waals surface area contributed by atoms with E-state index < -0.39 is 0 Å². The molecule has 6 heteroatoms. The standard InChI is InChI=1S/C19H19FN4O/c1-13-16(11-21-18-6-8-22-24(13)18)19(25)23-9-7-14(12-23)10-15-4-2-3-5-17(15)20/h2-6,8,11,14H,7,9-10,12H2,1H3. The molecule has 3 heterocycles. The summed E-state index contributed by atoms with van der Waals surface area (Å²) in [6.45, 7) is 3.21. The highest BCUT2D eigenvalue weighted by molar-refractivity contribution is 5.95. The van der Waals surface area contributed by atoms with Crippen molar-refractivity contribution in [3.05, 3.63) is 65.4 Å². The second kappa shape index (κ2) is 6.27. The van der Waals surface area contributed by atoms with Crippen molar-refractivity contribution in [1.82, 2.24) is 19.5 Å². The molecule has 0 aliphatic carbocycles. The van der Waals surface area contributed by atoms with Crippen molar-refractivity contribution in [1.29, 1.82) is 0 Å². The Morgan fingerprint density at radius 1 is 1.32 bits per heavy atom. The summed E-state index contributed by atoms with van der Waals surface area (Å²) in [4.78, 5) is 19.0. The number of carbonyl (C=O) groups is 1. The first-order valence-corrected chi connectivity index (χ1v) is 8.45. The van der Waals surface area contributed by atoms with E-state index in [1.807, 2.05) is 30.0 Å². The van der Waals surface area contributed by atoms with E-state index in [0.29, 0.717) is 25.1 Å². The normalized spacial score (nSPS) is 17.4. The van der Waals surface area contributed by atoms with Gasteiger partial charge >= 0.3 is 0 Å². The van der Waals surface area contributed by atoms with Gasteiger partial charge in [-0.15, -0.1) is 0 Å². The van der Waals surface area contributed by atoms with Crippen LogP contribution in [0.2, 0.25) is 0 Å². The topological polar surface area (TPSA) is 50.5 Å². The van der Waals surface area contributed by atoms with E-state index in [4.69, 9.17) is 0 Å². The highest BCUT2D eigenvalue weighted by Crippen LogP contribution is 2.24. The van der Waals surface area contributed by atoms with Crippen molar-refractivity contribution in [3.8, 4) is 0 Å². The monoisotopic (exact) mass is 338 g/mol. The molecule has 128 valence electrons. The van der Waals surface area contributed by atoms with Crippen LogP contribution in [-0.2, 0) is 6.42 Å². The van der Waals surface area contributed by atoms with E-state index in [9.17, 15) is 9.18 Å². The zero-order chi connectivity index (χ0) is 17.4. The van der Waals surface area contributed by atoms with Crippen LogP contribution in [0.1, 0.15) is 28.0 Å². The maximum atomic E-state index is 13.8. The lowest BCUT2D eigenvalue weighted by Gasteiger charge is -2.18. The number of hydrogen-bond acceptors (Lipinski definition) is 3. The van der Waals surface area contributed by atoms with Crippen molar-refractivity contribution < 1.29 is 9.18 Å². The lowest BCUT2D eigenvalue weighted by atomic mass is 9.98. The van der Waals surface area contributed by atoms with Gasteiger partial charge in [0.25, 0.3) is 5.91 Å². The Morgan fingerprint density at radius 3 is 3.00 bits per heavy atom. The van der Waals surface area contributed by atoms with Crippen LogP contribution in [0.4, 0.5) is 4.39 Å². The third-order valence-electron chi connectivity index (χ3n) is 4.93.